The van der Waals surface area contributed by atoms with E-state index in [0.717, 1.165) is 12.1 Å². The predicted molar refractivity (Wildman–Crippen MR) is 54.5 cm³/mol. The molecular formula is C10H7ClF2N2O2. The van der Waals surface area contributed by atoms with Gasteiger partial charge in [0.05, 0.1) is 0 Å². The minimum atomic E-state index is -0.790. The molecule has 0 radical (unpaired) electrons. The fourth-order valence-electron chi connectivity index (χ4n) is 1.13. The van der Waals surface area contributed by atoms with Crippen molar-refractivity contribution in [1.29, 1.82) is 0 Å². The first-order valence-corrected chi connectivity index (χ1v) is 5.17. The predicted octanol–water partition coefficient (Wildman–Crippen LogP) is 2.67. The molecule has 0 amide bonds. The Kier molecular flexibility index (Phi) is 3.53. The van der Waals surface area contributed by atoms with Gasteiger partial charge in [-0.25, -0.2) is 8.78 Å². The Bertz CT molecular complexity index is 519. The van der Waals surface area contributed by atoms with Gasteiger partial charge in [-0.05, 0) is 12.1 Å². The van der Waals surface area contributed by atoms with Crippen LogP contribution in [0.2, 0.25) is 0 Å². The maximum atomic E-state index is 13.2. The van der Waals surface area contributed by atoms with Crippen molar-refractivity contribution in [2.24, 2.45) is 0 Å². The zero-order valence-electron chi connectivity index (χ0n) is 8.49. The van der Waals surface area contributed by atoms with E-state index in [2.05, 4.69) is 10.2 Å². The fraction of sp³-hybridized carbons (Fsp3) is 0.200. The second-order valence-electron chi connectivity index (χ2n) is 3.09. The monoisotopic (exact) mass is 260 g/mol. The minimum Gasteiger partial charge on any atom is -0.481 e. The van der Waals surface area contributed by atoms with E-state index in [1.165, 1.54) is 6.07 Å². The first-order chi connectivity index (χ1) is 8.19. The minimum absolute atomic E-state index is 0.0861. The van der Waals surface area contributed by atoms with E-state index in [-0.39, 0.29) is 30.0 Å². The molecule has 0 atom stereocenters. The standard InChI is InChI=1S/C10H7ClF2N2O2/c11-4-9-14-15-10(17-9)5-16-8-2-1-6(12)3-7(8)13/h1-3H,4-5H2. The van der Waals surface area contributed by atoms with Crippen molar-refractivity contribution in [2.75, 3.05) is 0 Å². The number of hydrogen-bond donors (Lipinski definition) is 0. The largest absolute Gasteiger partial charge is 0.481 e. The van der Waals surface area contributed by atoms with Gasteiger partial charge in [-0.15, -0.1) is 21.8 Å². The van der Waals surface area contributed by atoms with Crippen molar-refractivity contribution in [3.8, 4) is 5.75 Å². The van der Waals surface area contributed by atoms with Gasteiger partial charge in [0.25, 0.3) is 5.89 Å². The van der Waals surface area contributed by atoms with E-state index in [9.17, 15) is 8.78 Å². The molecule has 0 aliphatic carbocycles. The van der Waals surface area contributed by atoms with Crippen LogP contribution in [-0.4, -0.2) is 10.2 Å². The summed E-state index contributed by atoms with van der Waals surface area (Å²) < 4.78 is 35.9. The van der Waals surface area contributed by atoms with Crippen LogP contribution in [0.15, 0.2) is 22.6 Å². The van der Waals surface area contributed by atoms with Crippen LogP contribution < -0.4 is 4.74 Å². The number of rotatable bonds is 4. The Labute approximate surface area is 100 Å². The summed E-state index contributed by atoms with van der Waals surface area (Å²) in [6.45, 7) is -0.105. The van der Waals surface area contributed by atoms with Gasteiger partial charge in [-0.1, -0.05) is 0 Å². The van der Waals surface area contributed by atoms with Crippen molar-refractivity contribution in [3.05, 3.63) is 41.6 Å². The van der Waals surface area contributed by atoms with Crippen molar-refractivity contribution in [3.63, 3.8) is 0 Å². The first kappa shape index (κ1) is 11.8. The van der Waals surface area contributed by atoms with Crippen molar-refractivity contribution in [1.82, 2.24) is 10.2 Å². The van der Waals surface area contributed by atoms with E-state index < -0.39 is 11.6 Å². The van der Waals surface area contributed by atoms with Gasteiger partial charge in [0.15, 0.2) is 18.2 Å². The van der Waals surface area contributed by atoms with Gasteiger partial charge < -0.3 is 9.15 Å². The molecule has 0 spiro atoms. The van der Waals surface area contributed by atoms with Crippen LogP contribution in [0.5, 0.6) is 5.75 Å². The third kappa shape index (κ3) is 2.91. The smallest absolute Gasteiger partial charge is 0.253 e. The molecule has 1 aromatic heterocycles. The van der Waals surface area contributed by atoms with Crippen LogP contribution in [0.4, 0.5) is 8.78 Å². The third-order valence-corrected chi connectivity index (χ3v) is 2.10. The number of benzene rings is 1. The van der Waals surface area contributed by atoms with E-state index in [0.29, 0.717) is 0 Å². The Morgan fingerprint density at radius 3 is 2.65 bits per heavy atom. The molecule has 90 valence electrons. The molecule has 0 aliphatic rings. The second-order valence-corrected chi connectivity index (χ2v) is 3.35. The molecule has 2 rings (SSSR count). The molecule has 1 aromatic carbocycles. The molecule has 0 bridgehead atoms. The maximum Gasteiger partial charge on any atom is 0.253 e. The van der Waals surface area contributed by atoms with Gasteiger partial charge in [-0.2, -0.15) is 0 Å². The van der Waals surface area contributed by atoms with Crippen LogP contribution >= 0.6 is 11.6 Å². The van der Waals surface area contributed by atoms with Gasteiger partial charge >= 0.3 is 0 Å². The molecule has 7 heteroatoms. The van der Waals surface area contributed by atoms with Gasteiger partial charge in [-0.3, -0.25) is 0 Å². The molecule has 1 heterocycles. The highest BCUT2D eigenvalue weighted by molar-refractivity contribution is 6.16. The van der Waals surface area contributed by atoms with Crippen molar-refractivity contribution in [2.45, 2.75) is 12.5 Å². The summed E-state index contributed by atoms with van der Waals surface area (Å²) in [4.78, 5) is 0. The Hall–Kier alpha value is -1.69. The van der Waals surface area contributed by atoms with E-state index in [1.807, 2.05) is 0 Å². The molecule has 4 nitrogen and oxygen atoms in total. The third-order valence-electron chi connectivity index (χ3n) is 1.87. The first-order valence-electron chi connectivity index (χ1n) is 4.64. The number of nitrogens with zero attached hydrogens (tertiary/aromatic N) is 2. The molecule has 0 N–H and O–H groups in total. The van der Waals surface area contributed by atoms with Gasteiger partial charge in [0.2, 0.25) is 5.89 Å². The normalized spacial score (nSPS) is 10.5. The highest BCUT2D eigenvalue weighted by atomic mass is 35.5. The number of hydrogen-bond acceptors (Lipinski definition) is 4. The lowest BCUT2D eigenvalue weighted by molar-refractivity contribution is 0.249. The average molecular weight is 261 g/mol. The maximum absolute atomic E-state index is 13.2. The average Bonchev–Trinajstić information content (AvgIpc) is 2.76. The SMILES string of the molecule is Fc1ccc(OCc2nnc(CCl)o2)c(F)c1. The van der Waals surface area contributed by atoms with Crippen molar-refractivity contribution >= 4 is 11.6 Å². The number of aromatic nitrogens is 2. The quantitative estimate of drug-likeness (QED) is 0.793. The lowest BCUT2D eigenvalue weighted by Gasteiger charge is -2.03. The summed E-state index contributed by atoms with van der Waals surface area (Å²) >= 11 is 5.46. The van der Waals surface area contributed by atoms with E-state index >= 15 is 0 Å². The summed E-state index contributed by atoms with van der Waals surface area (Å²) in [5.41, 5.74) is 0. The van der Waals surface area contributed by atoms with Crippen LogP contribution in [0.3, 0.4) is 0 Å². The topological polar surface area (TPSA) is 48.2 Å². The second kappa shape index (κ2) is 5.09. The highest BCUT2D eigenvalue weighted by Gasteiger charge is 2.08. The molecular weight excluding hydrogens is 254 g/mol. The van der Waals surface area contributed by atoms with Crippen LogP contribution in [0, 0.1) is 11.6 Å². The zero-order valence-corrected chi connectivity index (χ0v) is 9.25. The summed E-state index contributed by atoms with van der Waals surface area (Å²) in [5.74, 6) is -1.02. The van der Waals surface area contributed by atoms with Gasteiger partial charge in [0, 0.05) is 6.07 Å². The van der Waals surface area contributed by atoms with Crippen LogP contribution in [-0.2, 0) is 12.5 Å². The molecule has 17 heavy (non-hydrogen) atoms. The van der Waals surface area contributed by atoms with E-state index in [4.69, 9.17) is 20.8 Å². The van der Waals surface area contributed by atoms with Gasteiger partial charge in [0.1, 0.15) is 11.7 Å². The Balaban J connectivity index is 2.02. The molecule has 0 saturated carbocycles. The lowest BCUT2D eigenvalue weighted by Crippen LogP contribution is -1.98. The van der Waals surface area contributed by atoms with Crippen LogP contribution in [0.25, 0.3) is 0 Å². The zero-order chi connectivity index (χ0) is 12.3. The summed E-state index contributed by atoms with van der Waals surface area (Å²) in [7, 11) is 0. The van der Waals surface area contributed by atoms with Crippen LogP contribution in [0.1, 0.15) is 11.8 Å². The molecule has 0 aliphatic heterocycles. The molecule has 2 aromatic rings. The molecule has 0 unspecified atom stereocenters. The van der Waals surface area contributed by atoms with E-state index in [1.54, 1.807) is 0 Å². The highest BCUT2D eigenvalue weighted by Crippen LogP contribution is 2.18. The van der Waals surface area contributed by atoms with Crippen molar-refractivity contribution < 1.29 is 17.9 Å². The lowest BCUT2D eigenvalue weighted by atomic mass is 10.3. The number of halogens is 3. The number of ether oxygens (including phenoxy) is 1. The summed E-state index contributed by atoms with van der Waals surface area (Å²) in [5, 5.41) is 7.23. The number of alkyl halides is 1. The Morgan fingerprint density at radius 2 is 2.00 bits per heavy atom. The molecule has 0 saturated heterocycles. The molecule has 0 fully saturated rings. The summed E-state index contributed by atoms with van der Waals surface area (Å²) in [6, 6.07) is 3.01. The summed E-state index contributed by atoms with van der Waals surface area (Å²) in [6.07, 6.45) is 0. The fourth-order valence-corrected chi connectivity index (χ4v) is 1.24. The Morgan fingerprint density at radius 1 is 1.24 bits per heavy atom.